The first-order valence-electron chi connectivity index (χ1n) is 6.97. The highest BCUT2D eigenvalue weighted by atomic mass is 16.6. The van der Waals surface area contributed by atoms with Gasteiger partial charge in [0, 0.05) is 5.56 Å². The quantitative estimate of drug-likeness (QED) is 0.662. The van der Waals surface area contributed by atoms with Crippen molar-refractivity contribution in [2.24, 2.45) is 0 Å². The Morgan fingerprint density at radius 2 is 1.90 bits per heavy atom. The van der Waals surface area contributed by atoms with Crippen LogP contribution in [0.3, 0.4) is 0 Å². The Morgan fingerprint density at radius 1 is 1.20 bits per heavy atom. The number of anilines is 1. The second-order valence-electron chi connectivity index (χ2n) is 4.92. The van der Waals surface area contributed by atoms with Crippen molar-refractivity contribution in [3.63, 3.8) is 0 Å². The van der Waals surface area contributed by atoms with Crippen molar-refractivity contribution < 1.29 is 14.4 Å². The minimum atomic E-state index is -0.376. The summed E-state index contributed by atoms with van der Waals surface area (Å²) in [6.45, 7) is 1.84. The molecular formula is C15H22N2O3. The number of likely N-dealkylation sites (tertiary alicyclic amines) is 1. The molecule has 1 N–H and O–H groups in total. The van der Waals surface area contributed by atoms with Gasteiger partial charge in [-0.15, -0.1) is 0 Å². The number of benzene rings is 1. The molecule has 0 bridgehead atoms. The van der Waals surface area contributed by atoms with Crippen LogP contribution in [0.1, 0.15) is 30.9 Å². The molecule has 1 saturated heterocycles. The number of nitrogens with zero attached hydrogens (tertiary/aromatic N) is 1. The van der Waals surface area contributed by atoms with E-state index in [2.05, 4.69) is 10.4 Å². The molecule has 0 radical (unpaired) electrons. The highest BCUT2D eigenvalue weighted by molar-refractivity contribution is 5.80. The summed E-state index contributed by atoms with van der Waals surface area (Å²) in [5.74, 6) is -0.225. The molecule has 0 aliphatic carbocycles. The van der Waals surface area contributed by atoms with Crippen LogP contribution >= 0.6 is 0 Å². The van der Waals surface area contributed by atoms with Crippen LogP contribution in [0.4, 0.5) is 5.69 Å². The van der Waals surface area contributed by atoms with E-state index in [1.54, 1.807) is 7.11 Å². The van der Waals surface area contributed by atoms with E-state index >= 15 is 0 Å². The fourth-order valence-corrected chi connectivity index (χ4v) is 2.70. The normalized spacial score (nSPS) is 17.5. The monoisotopic (exact) mass is 278 g/mol. The SMILES string of the molecule is CONc1ccccc1[C@@H](C(=O)OC)N1CCCCC1. The first kappa shape index (κ1) is 14.8. The van der Waals surface area contributed by atoms with E-state index in [-0.39, 0.29) is 12.0 Å². The van der Waals surface area contributed by atoms with Crippen LogP contribution in [0.2, 0.25) is 0 Å². The van der Waals surface area contributed by atoms with Crippen LogP contribution in [0, 0.1) is 0 Å². The van der Waals surface area contributed by atoms with Gasteiger partial charge in [-0.25, -0.2) is 4.79 Å². The van der Waals surface area contributed by atoms with E-state index in [0.717, 1.165) is 37.2 Å². The third-order valence-electron chi connectivity index (χ3n) is 3.65. The molecule has 0 spiro atoms. The van der Waals surface area contributed by atoms with Gasteiger partial charge in [-0.1, -0.05) is 24.6 Å². The average molecular weight is 278 g/mol. The van der Waals surface area contributed by atoms with Gasteiger partial charge in [0.2, 0.25) is 0 Å². The molecule has 0 saturated carbocycles. The van der Waals surface area contributed by atoms with Crippen LogP contribution in [0.5, 0.6) is 0 Å². The van der Waals surface area contributed by atoms with E-state index < -0.39 is 0 Å². The third kappa shape index (κ3) is 3.29. The van der Waals surface area contributed by atoms with E-state index in [4.69, 9.17) is 9.57 Å². The number of ether oxygens (including phenoxy) is 1. The van der Waals surface area contributed by atoms with Crippen molar-refractivity contribution in [2.75, 3.05) is 32.8 Å². The van der Waals surface area contributed by atoms with Crippen LogP contribution in [-0.2, 0) is 14.4 Å². The van der Waals surface area contributed by atoms with E-state index in [0.29, 0.717) is 0 Å². The van der Waals surface area contributed by atoms with Gasteiger partial charge >= 0.3 is 5.97 Å². The second kappa shape index (κ2) is 7.26. The van der Waals surface area contributed by atoms with Gasteiger partial charge in [0.25, 0.3) is 0 Å². The number of carbonyl (C=O) groups is 1. The minimum absolute atomic E-state index is 0.225. The van der Waals surface area contributed by atoms with Gasteiger partial charge in [-0.3, -0.25) is 15.2 Å². The number of rotatable bonds is 5. The zero-order valence-corrected chi connectivity index (χ0v) is 12.1. The Labute approximate surface area is 119 Å². The number of hydrogen-bond donors (Lipinski definition) is 1. The summed E-state index contributed by atoms with van der Waals surface area (Å²) in [7, 11) is 3.00. The van der Waals surface area contributed by atoms with Crippen molar-refractivity contribution in [3.05, 3.63) is 29.8 Å². The fourth-order valence-electron chi connectivity index (χ4n) is 2.70. The second-order valence-corrected chi connectivity index (χ2v) is 4.92. The summed E-state index contributed by atoms with van der Waals surface area (Å²) in [6.07, 6.45) is 3.46. The maximum Gasteiger partial charge on any atom is 0.327 e. The Bertz CT molecular complexity index is 444. The summed E-state index contributed by atoms with van der Waals surface area (Å²) >= 11 is 0. The first-order chi connectivity index (χ1) is 9.77. The predicted molar refractivity (Wildman–Crippen MR) is 77.3 cm³/mol. The van der Waals surface area contributed by atoms with Crippen LogP contribution in [0.25, 0.3) is 0 Å². The summed E-state index contributed by atoms with van der Waals surface area (Å²) < 4.78 is 5.00. The lowest BCUT2D eigenvalue weighted by molar-refractivity contribution is -0.147. The van der Waals surface area contributed by atoms with Gasteiger partial charge in [0.1, 0.15) is 6.04 Å². The van der Waals surface area contributed by atoms with Crippen molar-refractivity contribution >= 4 is 11.7 Å². The van der Waals surface area contributed by atoms with Gasteiger partial charge in [-0.05, 0) is 32.0 Å². The Balaban J connectivity index is 2.32. The predicted octanol–water partition coefficient (Wildman–Crippen LogP) is 2.36. The topological polar surface area (TPSA) is 50.8 Å². The number of carbonyl (C=O) groups excluding carboxylic acids is 1. The molecule has 0 aromatic heterocycles. The van der Waals surface area contributed by atoms with Crippen molar-refractivity contribution in [1.29, 1.82) is 0 Å². The maximum atomic E-state index is 12.2. The van der Waals surface area contributed by atoms with Crippen molar-refractivity contribution in [2.45, 2.75) is 25.3 Å². The molecule has 2 rings (SSSR count). The van der Waals surface area contributed by atoms with Gasteiger partial charge in [0.15, 0.2) is 0 Å². The summed E-state index contributed by atoms with van der Waals surface area (Å²) in [4.78, 5) is 19.4. The number of piperidine rings is 1. The molecule has 1 heterocycles. The first-order valence-corrected chi connectivity index (χ1v) is 6.97. The van der Waals surface area contributed by atoms with Crippen LogP contribution < -0.4 is 5.48 Å². The lowest BCUT2D eigenvalue weighted by Gasteiger charge is -2.33. The number of esters is 1. The molecule has 5 nitrogen and oxygen atoms in total. The summed E-state index contributed by atoms with van der Waals surface area (Å²) in [5.41, 5.74) is 4.53. The highest BCUT2D eigenvalue weighted by Crippen LogP contribution is 2.30. The maximum absolute atomic E-state index is 12.2. The Morgan fingerprint density at radius 3 is 2.55 bits per heavy atom. The molecular weight excluding hydrogens is 256 g/mol. The molecule has 0 amide bonds. The Hall–Kier alpha value is -1.59. The zero-order valence-electron chi connectivity index (χ0n) is 12.1. The van der Waals surface area contributed by atoms with Crippen molar-refractivity contribution in [1.82, 2.24) is 4.90 Å². The molecule has 1 aliphatic rings. The molecule has 0 unspecified atom stereocenters. The standard InChI is InChI=1S/C15H22N2O3/c1-19-15(18)14(17-10-6-3-7-11-17)12-8-4-5-9-13(12)16-20-2/h4-5,8-9,14,16H,3,6-7,10-11H2,1-2H3/t14-/m0/s1. The fraction of sp³-hybridized carbons (Fsp3) is 0.533. The van der Waals surface area contributed by atoms with E-state index in [1.165, 1.54) is 13.5 Å². The smallest absolute Gasteiger partial charge is 0.327 e. The van der Waals surface area contributed by atoms with Gasteiger partial charge in [-0.2, -0.15) is 0 Å². The molecule has 1 aliphatic heterocycles. The van der Waals surface area contributed by atoms with Crippen molar-refractivity contribution in [3.8, 4) is 0 Å². The molecule has 1 fully saturated rings. The number of para-hydroxylation sites is 1. The lowest BCUT2D eigenvalue weighted by Crippen LogP contribution is -2.38. The lowest BCUT2D eigenvalue weighted by atomic mass is 10.00. The van der Waals surface area contributed by atoms with Gasteiger partial charge < -0.3 is 4.74 Å². The number of methoxy groups -OCH3 is 1. The molecule has 110 valence electrons. The van der Waals surface area contributed by atoms with Crippen LogP contribution in [0.15, 0.2) is 24.3 Å². The summed E-state index contributed by atoms with van der Waals surface area (Å²) in [6, 6.07) is 7.31. The average Bonchev–Trinajstić information content (AvgIpc) is 2.50. The number of nitrogens with one attached hydrogen (secondary N) is 1. The van der Waals surface area contributed by atoms with Gasteiger partial charge in [0.05, 0.1) is 19.9 Å². The summed E-state index contributed by atoms with van der Waals surface area (Å²) in [5, 5.41) is 0. The molecule has 5 heteroatoms. The molecule has 1 aromatic rings. The van der Waals surface area contributed by atoms with Crippen LogP contribution in [-0.4, -0.2) is 38.2 Å². The largest absolute Gasteiger partial charge is 0.468 e. The molecule has 1 atom stereocenters. The Kier molecular flexibility index (Phi) is 5.38. The molecule has 20 heavy (non-hydrogen) atoms. The minimum Gasteiger partial charge on any atom is -0.468 e. The van der Waals surface area contributed by atoms with E-state index in [1.807, 2.05) is 24.3 Å². The van der Waals surface area contributed by atoms with E-state index in [9.17, 15) is 4.79 Å². The zero-order chi connectivity index (χ0) is 14.4. The third-order valence-corrected chi connectivity index (χ3v) is 3.65. The molecule has 1 aromatic carbocycles. The number of hydrogen-bond acceptors (Lipinski definition) is 5. The highest BCUT2D eigenvalue weighted by Gasteiger charge is 2.31.